The number of rotatable bonds is 2. The number of terminal acetylenes is 1. The first-order chi connectivity index (χ1) is 11.2. The topological polar surface area (TPSA) is 100 Å². The molecule has 3 N–H and O–H groups in total. The molecule has 2 aromatic heterocycles. The molecule has 1 aliphatic heterocycles. The third-order valence-corrected chi connectivity index (χ3v) is 4.61. The zero-order valence-corrected chi connectivity index (χ0v) is 13.6. The van der Waals surface area contributed by atoms with Crippen molar-refractivity contribution in [2.45, 2.75) is 43.3 Å². The Labute approximate surface area is 141 Å². The summed E-state index contributed by atoms with van der Waals surface area (Å²) in [6.45, 7) is 2.94. The largest absolute Gasteiger partial charge is 0.391 e. The summed E-state index contributed by atoms with van der Waals surface area (Å²) in [6.07, 6.45) is 1.68. The van der Waals surface area contributed by atoms with Crippen LogP contribution in [0.3, 0.4) is 0 Å². The number of halogens is 2. The summed E-state index contributed by atoms with van der Waals surface area (Å²) in [6, 6.07) is 0. The Morgan fingerprint density at radius 3 is 2.92 bits per heavy atom. The standard InChI is InChI=1S/C15H15ClFN3O4/c1-4-15(16)11(22)10(6(2)21)24-14(15)20-5-8(17)9-12(20)18-7(3)19-13(9)23/h1,5-6,10-11,14,21-22H,2-3H3,(H,18,19,23)/t6-,10-,11+,14-,15?/m1/s1. The van der Waals surface area contributed by atoms with Crippen molar-refractivity contribution in [3.63, 3.8) is 0 Å². The highest BCUT2D eigenvalue weighted by Crippen LogP contribution is 2.45. The van der Waals surface area contributed by atoms with Crippen LogP contribution in [0.2, 0.25) is 0 Å². The molecule has 0 spiro atoms. The van der Waals surface area contributed by atoms with Crippen LogP contribution in [0.1, 0.15) is 19.0 Å². The van der Waals surface area contributed by atoms with Crippen molar-refractivity contribution < 1.29 is 19.3 Å². The average Bonchev–Trinajstić information content (AvgIpc) is 2.95. The minimum Gasteiger partial charge on any atom is -0.391 e. The van der Waals surface area contributed by atoms with Gasteiger partial charge in [-0.05, 0) is 13.8 Å². The van der Waals surface area contributed by atoms with Crippen molar-refractivity contribution in [3.8, 4) is 12.3 Å². The zero-order valence-electron chi connectivity index (χ0n) is 12.8. The highest BCUT2D eigenvalue weighted by Gasteiger charge is 2.57. The molecule has 0 radical (unpaired) electrons. The second-order valence-corrected chi connectivity index (χ2v) is 6.41. The summed E-state index contributed by atoms with van der Waals surface area (Å²) >= 11 is 6.35. The monoisotopic (exact) mass is 355 g/mol. The summed E-state index contributed by atoms with van der Waals surface area (Å²) in [4.78, 5) is 16.7. The first kappa shape index (κ1) is 16.9. The molecule has 1 unspecified atom stereocenters. The van der Waals surface area contributed by atoms with Crippen LogP contribution in [0.15, 0.2) is 11.0 Å². The molecule has 2 aromatic rings. The minimum atomic E-state index is -1.77. The predicted octanol–water partition coefficient (Wildman–Crippen LogP) is 0.422. The van der Waals surface area contributed by atoms with Gasteiger partial charge in [0.2, 0.25) is 0 Å². The summed E-state index contributed by atoms with van der Waals surface area (Å²) < 4.78 is 21.0. The van der Waals surface area contributed by atoms with Crippen molar-refractivity contribution in [3.05, 3.63) is 28.2 Å². The van der Waals surface area contributed by atoms with Gasteiger partial charge in [0.15, 0.2) is 22.6 Å². The van der Waals surface area contributed by atoms with Crippen LogP contribution in [-0.2, 0) is 4.74 Å². The van der Waals surface area contributed by atoms with Crippen LogP contribution >= 0.6 is 11.6 Å². The van der Waals surface area contributed by atoms with Crippen molar-refractivity contribution in [2.75, 3.05) is 0 Å². The van der Waals surface area contributed by atoms with Gasteiger partial charge in [0.1, 0.15) is 23.4 Å². The SMILES string of the molecule is C#CC1(Cl)[C@@H](O)[C@@H]([C@@H](C)O)O[C@H]1n1cc(F)c2c(=O)[nH]c(C)nc21. The molecule has 5 atom stereocenters. The number of ether oxygens (including phenoxy) is 1. The van der Waals surface area contributed by atoms with Crippen molar-refractivity contribution in [2.24, 2.45) is 0 Å². The van der Waals surface area contributed by atoms with Gasteiger partial charge in [0, 0.05) is 6.20 Å². The number of fused-ring (bicyclic) bond motifs is 1. The van der Waals surface area contributed by atoms with E-state index >= 15 is 0 Å². The molecule has 0 saturated carbocycles. The van der Waals surface area contributed by atoms with Crippen molar-refractivity contribution in [1.82, 2.24) is 14.5 Å². The number of nitrogens with zero attached hydrogens (tertiary/aromatic N) is 2. The summed E-state index contributed by atoms with van der Waals surface area (Å²) in [5.74, 6) is 1.69. The van der Waals surface area contributed by atoms with E-state index in [1.165, 1.54) is 18.4 Å². The highest BCUT2D eigenvalue weighted by atomic mass is 35.5. The smallest absolute Gasteiger partial charge is 0.263 e. The van der Waals surface area contributed by atoms with E-state index in [2.05, 4.69) is 15.9 Å². The van der Waals surface area contributed by atoms with Gasteiger partial charge in [-0.15, -0.1) is 6.42 Å². The number of aliphatic hydroxyl groups is 2. The first-order valence-electron chi connectivity index (χ1n) is 7.16. The molecular weight excluding hydrogens is 341 g/mol. The fourth-order valence-electron chi connectivity index (χ4n) is 2.91. The van der Waals surface area contributed by atoms with E-state index in [1.807, 2.05) is 0 Å². The zero-order chi connectivity index (χ0) is 17.8. The van der Waals surface area contributed by atoms with Crippen LogP contribution in [0, 0.1) is 25.1 Å². The van der Waals surface area contributed by atoms with Gasteiger partial charge in [0.25, 0.3) is 5.56 Å². The number of alkyl halides is 1. The van der Waals surface area contributed by atoms with E-state index < -0.39 is 40.8 Å². The molecule has 0 bridgehead atoms. The molecule has 0 aliphatic carbocycles. The molecule has 3 rings (SSSR count). The van der Waals surface area contributed by atoms with Crippen molar-refractivity contribution in [1.29, 1.82) is 0 Å². The maximum absolute atomic E-state index is 14.2. The Hall–Kier alpha value is -1.92. The lowest BCUT2D eigenvalue weighted by Gasteiger charge is -2.25. The lowest BCUT2D eigenvalue weighted by Crippen LogP contribution is -2.43. The Balaban J connectivity index is 2.24. The van der Waals surface area contributed by atoms with Gasteiger partial charge < -0.3 is 19.9 Å². The lowest BCUT2D eigenvalue weighted by molar-refractivity contribution is -0.0752. The van der Waals surface area contributed by atoms with Crippen molar-refractivity contribution >= 4 is 22.6 Å². The summed E-state index contributed by atoms with van der Waals surface area (Å²) in [5, 5.41) is 19.8. The summed E-state index contributed by atoms with van der Waals surface area (Å²) in [7, 11) is 0. The number of aromatic amines is 1. The maximum atomic E-state index is 14.2. The van der Waals surface area contributed by atoms with Crippen LogP contribution in [0.5, 0.6) is 0 Å². The molecule has 7 nitrogen and oxygen atoms in total. The van der Waals surface area contributed by atoms with Crippen LogP contribution < -0.4 is 5.56 Å². The Bertz CT molecular complexity index is 902. The van der Waals surface area contributed by atoms with Crippen LogP contribution in [-0.4, -0.2) is 47.9 Å². The van der Waals surface area contributed by atoms with E-state index in [4.69, 9.17) is 22.8 Å². The third-order valence-electron chi connectivity index (χ3n) is 4.09. The fourth-order valence-corrected chi connectivity index (χ4v) is 3.19. The Kier molecular flexibility index (Phi) is 3.92. The quantitative estimate of drug-likeness (QED) is 0.535. The van der Waals surface area contributed by atoms with Gasteiger partial charge in [-0.1, -0.05) is 17.5 Å². The Morgan fingerprint density at radius 1 is 1.67 bits per heavy atom. The number of hydrogen-bond acceptors (Lipinski definition) is 5. The lowest BCUT2D eigenvalue weighted by atomic mass is 9.97. The summed E-state index contributed by atoms with van der Waals surface area (Å²) in [5.41, 5.74) is -0.669. The normalized spacial score (nSPS) is 31.3. The average molecular weight is 356 g/mol. The third kappa shape index (κ3) is 2.24. The van der Waals surface area contributed by atoms with Crippen LogP contribution in [0.25, 0.3) is 11.0 Å². The van der Waals surface area contributed by atoms with Gasteiger partial charge in [-0.2, -0.15) is 0 Å². The van der Waals surface area contributed by atoms with E-state index in [0.717, 1.165) is 6.20 Å². The number of aromatic nitrogens is 3. The number of H-pyrrole nitrogens is 1. The van der Waals surface area contributed by atoms with E-state index in [9.17, 15) is 19.4 Å². The van der Waals surface area contributed by atoms with E-state index in [-0.39, 0.29) is 16.9 Å². The predicted molar refractivity (Wildman–Crippen MR) is 84.1 cm³/mol. The van der Waals surface area contributed by atoms with Gasteiger partial charge in [0.05, 0.1) is 6.10 Å². The second-order valence-electron chi connectivity index (χ2n) is 5.79. The van der Waals surface area contributed by atoms with Crippen LogP contribution in [0.4, 0.5) is 4.39 Å². The Morgan fingerprint density at radius 2 is 2.33 bits per heavy atom. The second kappa shape index (κ2) is 5.57. The molecule has 0 aromatic carbocycles. The molecule has 24 heavy (non-hydrogen) atoms. The van der Waals surface area contributed by atoms with Gasteiger partial charge >= 0.3 is 0 Å². The molecule has 9 heteroatoms. The van der Waals surface area contributed by atoms with Gasteiger partial charge in [-0.3, -0.25) is 9.36 Å². The van der Waals surface area contributed by atoms with E-state index in [0.29, 0.717) is 0 Å². The molecule has 128 valence electrons. The number of nitrogens with one attached hydrogen (secondary N) is 1. The molecule has 3 heterocycles. The highest BCUT2D eigenvalue weighted by molar-refractivity contribution is 6.27. The number of hydrogen-bond donors (Lipinski definition) is 3. The number of aryl methyl sites for hydroxylation is 1. The fraction of sp³-hybridized carbons (Fsp3) is 0.467. The molecule has 1 fully saturated rings. The minimum absolute atomic E-state index is 0.0162. The molecule has 1 aliphatic rings. The molecule has 0 amide bonds. The molecular formula is C15H15ClFN3O4. The molecule has 1 saturated heterocycles. The first-order valence-corrected chi connectivity index (χ1v) is 7.53. The van der Waals surface area contributed by atoms with Gasteiger partial charge in [-0.25, -0.2) is 9.37 Å². The maximum Gasteiger partial charge on any atom is 0.263 e. The number of aliphatic hydroxyl groups excluding tert-OH is 2. The van der Waals surface area contributed by atoms with E-state index in [1.54, 1.807) is 0 Å².